The van der Waals surface area contributed by atoms with Crippen molar-refractivity contribution in [1.29, 1.82) is 0 Å². The number of rotatable bonds is 3. The van der Waals surface area contributed by atoms with Gasteiger partial charge < -0.3 is 15.0 Å². The van der Waals surface area contributed by atoms with E-state index >= 15 is 0 Å². The second-order valence-electron chi connectivity index (χ2n) is 5.55. The molecule has 2 N–H and O–H groups in total. The summed E-state index contributed by atoms with van der Waals surface area (Å²) in [6.07, 6.45) is 3.71. The van der Waals surface area contributed by atoms with E-state index in [9.17, 15) is 0 Å². The summed E-state index contributed by atoms with van der Waals surface area (Å²) in [5.41, 5.74) is 5.35. The van der Waals surface area contributed by atoms with Gasteiger partial charge in [0.25, 0.3) is 0 Å². The van der Waals surface area contributed by atoms with Crippen LogP contribution in [0.2, 0.25) is 0 Å². The fourth-order valence-electron chi connectivity index (χ4n) is 3.42. The Morgan fingerprint density at radius 3 is 3.00 bits per heavy atom. The summed E-state index contributed by atoms with van der Waals surface area (Å²) >= 11 is 0. The van der Waals surface area contributed by atoms with Crippen molar-refractivity contribution in [3.05, 3.63) is 29.0 Å². The maximum Gasteiger partial charge on any atom is 0.143 e. The smallest absolute Gasteiger partial charge is 0.143 e. The van der Waals surface area contributed by atoms with Crippen molar-refractivity contribution in [2.24, 2.45) is 0 Å². The first-order chi connectivity index (χ1) is 9.24. The molecule has 0 amide bonds. The largest absolute Gasteiger partial charge is 0.495 e. The van der Waals surface area contributed by atoms with Crippen LogP contribution in [0.3, 0.4) is 0 Å². The van der Waals surface area contributed by atoms with E-state index in [1.807, 2.05) is 7.05 Å². The molecule has 102 valence electrons. The van der Waals surface area contributed by atoms with Gasteiger partial charge >= 0.3 is 0 Å². The molecule has 0 saturated carbocycles. The molecule has 0 spiro atoms. The van der Waals surface area contributed by atoms with Crippen LogP contribution in [0.4, 0.5) is 0 Å². The van der Waals surface area contributed by atoms with Crippen molar-refractivity contribution in [1.82, 2.24) is 10.3 Å². The number of aromatic amines is 1. The Morgan fingerprint density at radius 1 is 1.42 bits per heavy atom. The first-order valence-electron chi connectivity index (χ1n) is 7.08. The zero-order chi connectivity index (χ0) is 13.4. The van der Waals surface area contributed by atoms with Crippen LogP contribution in [0.25, 0.3) is 10.9 Å². The molecule has 3 nitrogen and oxygen atoms in total. The van der Waals surface area contributed by atoms with Crippen LogP contribution in [0.5, 0.6) is 5.75 Å². The fraction of sp³-hybridized carbons (Fsp3) is 0.500. The average molecular weight is 258 g/mol. The molecule has 0 saturated heterocycles. The van der Waals surface area contributed by atoms with Gasteiger partial charge in [-0.1, -0.05) is 0 Å². The highest BCUT2D eigenvalue weighted by Crippen LogP contribution is 2.40. The number of H-pyrrole nitrogens is 1. The van der Waals surface area contributed by atoms with E-state index < -0.39 is 0 Å². The van der Waals surface area contributed by atoms with Gasteiger partial charge in [-0.25, -0.2) is 0 Å². The topological polar surface area (TPSA) is 37.0 Å². The number of benzene rings is 1. The van der Waals surface area contributed by atoms with Crippen LogP contribution < -0.4 is 10.1 Å². The first kappa shape index (κ1) is 12.5. The lowest BCUT2D eigenvalue weighted by Crippen LogP contribution is -2.20. The van der Waals surface area contributed by atoms with Gasteiger partial charge in [-0.3, -0.25) is 0 Å². The number of ether oxygens (including phenoxy) is 1. The van der Waals surface area contributed by atoms with Gasteiger partial charge in [-0.2, -0.15) is 0 Å². The molecule has 0 aliphatic heterocycles. The zero-order valence-corrected chi connectivity index (χ0v) is 12.0. The van der Waals surface area contributed by atoms with Crippen molar-refractivity contribution in [2.75, 3.05) is 20.7 Å². The second kappa shape index (κ2) is 4.89. The van der Waals surface area contributed by atoms with Crippen LogP contribution in [0.1, 0.15) is 35.6 Å². The van der Waals surface area contributed by atoms with Gasteiger partial charge in [0.2, 0.25) is 0 Å². The standard InChI is InChI=1S/C16H22N2O/c1-10-7-12-15-11(9-17-2)5-4-6-13(15)18-16(12)14(8-10)19-3/h7-8,11,17-18H,4-6,9H2,1-3H3. The van der Waals surface area contributed by atoms with Crippen molar-refractivity contribution >= 4 is 10.9 Å². The van der Waals surface area contributed by atoms with Crippen LogP contribution in [-0.4, -0.2) is 25.7 Å². The molecule has 1 atom stereocenters. The average Bonchev–Trinajstić information content (AvgIpc) is 2.77. The lowest BCUT2D eigenvalue weighted by Gasteiger charge is -2.22. The Labute approximate surface area is 114 Å². The number of methoxy groups -OCH3 is 1. The zero-order valence-electron chi connectivity index (χ0n) is 12.0. The minimum absolute atomic E-state index is 0.619. The fourth-order valence-corrected chi connectivity index (χ4v) is 3.42. The number of nitrogens with one attached hydrogen (secondary N) is 2. The predicted octanol–water partition coefficient (Wildman–Crippen LogP) is 3.12. The lowest BCUT2D eigenvalue weighted by atomic mass is 9.85. The van der Waals surface area contributed by atoms with E-state index in [1.165, 1.54) is 40.6 Å². The Hall–Kier alpha value is -1.48. The number of aromatic nitrogens is 1. The minimum Gasteiger partial charge on any atom is -0.495 e. The van der Waals surface area contributed by atoms with Gasteiger partial charge in [0.05, 0.1) is 12.6 Å². The van der Waals surface area contributed by atoms with Crippen molar-refractivity contribution in [3.63, 3.8) is 0 Å². The van der Waals surface area contributed by atoms with Crippen LogP contribution >= 0.6 is 0 Å². The maximum absolute atomic E-state index is 5.53. The molecule has 0 radical (unpaired) electrons. The molecule has 0 fully saturated rings. The van der Waals surface area contributed by atoms with Crippen molar-refractivity contribution in [2.45, 2.75) is 32.1 Å². The molecule has 0 bridgehead atoms. The summed E-state index contributed by atoms with van der Waals surface area (Å²) < 4.78 is 5.53. The van der Waals surface area contributed by atoms with Gasteiger partial charge in [-0.15, -0.1) is 0 Å². The highest BCUT2D eigenvalue weighted by Gasteiger charge is 2.25. The molecule has 2 aromatic rings. The molecule has 1 aliphatic carbocycles. The van der Waals surface area contributed by atoms with Gasteiger partial charge in [-0.05, 0) is 62.4 Å². The molecule has 3 heteroatoms. The molecular weight excluding hydrogens is 236 g/mol. The predicted molar refractivity (Wildman–Crippen MR) is 79.2 cm³/mol. The van der Waals surface area contributed by atoms with Crippen LogP contribution in [0, 0.1) is 6.92 Å². The molecular formula is C16H22N2O. The third-order valence-electron chi connectivity index (χ3n) is 4.20. The van der Waals surface area contributed by atoms with E-state index in [-0.39, 0.29) is 0 Å². The summed E-state index contributed by atoms with van der Waals surface area (Å²) in [6.45, 7) is 3.19. The molecule has 1 heterocycles. The van der Waals surface area contributed by atoms with E-state index in [4.69, 9.17) is 4.74 Å². The molecule has 1 aliphatic rings. The summed E-state index contributed by atoms with van der Waals surface area (Å²) in [7, 11) is 3.79. The Morgan fingerprint density at radius 2 is 2.26 bits per heavy atom. The van der Waals surface area contributed by atoms with E-state index in [2.05, 4.69) is 29.4 Å². The number of likely N-dealkylation sites (N-methyl/N-ethyl adjacent to an activating group) is 1. The summed E-state index contributed by atoms with van der Waals surface area (Å²) in [4.78, 5) is 3.60. The maximum atomic E-state index is 5.53. The molecule has 1 aromatic carbocycles. The van der Waals surface area contributed by atoms with E-state index in [0.29, 0.717) is 5.92 Å². The molecule has 1 aromatic heterocycles. The van der Waals surface area contributed by atoms with Crippen LogP contribution in [0.15, 0.2) is 12.1 Å². The first-order valence-corrected chi connectivity index (χ1v) is 7.08. The Balaban J connectivity index is 2.23. The highest BCUT2D eigenvalue weighted by molar-refractivity contribution is 5.91. The lowest BCUT2D eigenvalue weighted by molar-refractivity contribution is 0.418. The van der Waals surface area contributed by atoms with E-state index in [1.54, 1.807) is 7.11 Å². The molecule has 3 rings (SSSR count). The quantitative estimate of drug-likeness (QED) is 0.887. The highest BCUT2D eigenvalue weighted by atomic mass is 16.5. The normalized spacial score (nSPS) is 18.6. The van der Waals surface area contributed by atoms with Gasteiger partial charge in [0.15, 0.2) is 0 Å². The summed E-state index contributed by atoms with van der Waals surface area (Å²) in [5.74, 6) is 1.58. The minimum atomic E-state index is 0.619. The van der Waals surface area contributed by atoms with Gasteiger partial charge in [0.1, 0.15) is 5.75 Å². The molecule has 19 heavy (non-hydrogen) atoms. The third-order valence-corrected chi connectivity index (χ3v) is 4.20. The summed E-state index contributed by atoms with van der Waals surface area (Å²) in [5, 5.41) is 4.68. The number of hydrogen-bond acceptors (Lipinski definition) is 2. The van der Waals surface area contributed by atoms with Crippen LogP contribution in [-0.2, 0) is 6.42 Å². The second-order valence-corrected chi connectivity index (χ2v) is 5.55. The number of hydrogen-bond donors (Lipinski definition) is 2. The Kier molecular flexibility index (Phi) is 3.23. The van der Waals surface area contributed by atoms with E-state index in [0.717, 1.165) is 18.7 Å². The summed E-state index contributed by atoms with van der Waals surface area (Å²) in [6, 6.07) is 4.40. The third kappa shape index (κ3) is 2.02. The van der Waals surface area contributed by atoms with Gasteiger partial charge in [0, 0.05) is 17.6 Å². The number of fused-ring (bicyclic) bond motifs is 3. The van der Waals surface area contributed by atoms with Crippen molar-refractivity contribution < 1.29 is 4.74 Å². The van der Waals surface area contributed by atoms with Crippen molar-refractivity contribution in [3.8, 4) is 5.75 Å². The SMILES string of the molecule is CNCC1CCCc2[nH]c3c(OC)cc(C)cc3c21. The number of aryl methyl sites for hydroxylation is 2. The monoisotopic (exact) mass is 258 g/mol. The molecule has 1 unspecified atom stereocenters. The Bertz CT molecular complexity index is 600.